The lowest BCUT2D eigenvalue weighted by Crippen LogP contribution is -2.13. The number of hydrogen-bond acceptors (Lipinski definition) is 3. The highest BCUT2D eigenvalue weighted by Gasteiger charge is 2.22. The molecule has 0 aliphatic heterocycles. The molecule has 0 spiro atoms. The fraction of sp³-hybridized carbons (Fsp3) is 0.462. The number of hydrogen-bond donors (Lipinski definition) is 1. The fourth-order valence-electron chi connectivity index (χ4n) is 2.00. The van der Waals surface area contributed by atoms with Gasteiger partial charge in [-0.25, -0.2) is 4.52 Å². The molecule has 2 rings (SSSR count). The van der Waals surface area contributed by atoms with E-state index >= 15 is 0 Å². The number of nitrogens with zero attached hydrogens (tertiary/aromatic N) is 3. The summed E-state index contributed by atoms with van der Waals surface area (Å²) in [6, 6.07) is 1.93. The van der Waals surface area contributed by atoms with Crippen LogP contribution < -0.4 is 0 Å². The van der Waals surface area contributed by atoms with E-state index in [1.807, 2.05) is 13.0 Å². The number of carboxylic acid groups (broad SMARTS) is 1. The van der Waals surface area contributed by atoms with Gasteiger partial charge in [0.25, 0.3) is 0 Å². The molecule has 1 unspecified atom stereocenters. The van der Waals surface area contributed by atoms with Gasteiger partial charge < -0.3 is 5.11 Å². The summed E-state index contributed by atoms with van der Waals surface area (Å²) in [5.41, 5.74) is 2.33. The standard InChI is InChI=1S/C13H17N3O2/c1-4-9(13(17)18)12-11-7-10(8(2)3)15-16(11)6-5-14-12/h5-9H,4H2,1-3H3,(H,17,18). The van der Waals surface area contributed by atoms with Gasteiger partial charge in [0.15, 0.2) is 0 Å². The van der Waals surface area contributed by atoms with Gasteiger partial charge >= 0.3 is 5.97 Å². The highest BCUT2D eigenvalue weighted by Crippen LogP contribution is 2.24. The van der Waals surface area contributed by atoms with Crippen molar-refractivity contribution in [1.29, 1.82) is 0 Å². The van der Waals surface area contributed by atoms with Crippen LogP contribution in [0.15, 0.2) is 18.5 Å². The molecule has 2 aromatic rings. The molecular formula is C13H17N3O2. The Morgan fingerprint density at radius 3 is 2.78 bits per heavy atom. The summed E-state index contributed by atoms with van der Waals surface area (Å²) in [5, 5.41) is 13.7. The van der Waals surface area contributed by atoms with Crippen LogP contribution in [0.25, 0.3) is 5.52 Å². The maximum absolute atomic E-state index is 11.2. The van der Waals surface area contributed by atoms with Crippen LogP contribution in [-0.4, -0.2) is 25.7 Å². The van der Waals surface area contributed by atoms with Crippen LogP contribution in [0.4, 0.5) is 0 Å². The van der Waals surface area contributed by atoms with Crippen LogP contribution in [0, 0.1) is 0 Å². The lowest BCUT2D eigenvalue weighted by molar-refractivity contribution is -0.138. The molecule has 0 bridgehead atoms. The van der Waals surface area contributed by atoms with Crippen molar-refractivity contribution >= 4 is 11.5 Å². The summed E-state index contributed by atoms with van der Waals surface area (Å²) < 4.78 is 1.71. The molecule has 96 valence electrons. The Bertz CT molecular complexity index is 575. The summed E-state index contributed by atoms with van der Waals surface area (Å²) in [5.74, 6) is -1.11. The molecule has 0 saturated carbocycles. The monoisotopic (exact) mass is 247 g/mol. The number of fused-ring (bicyclic) bond motifs is 1. The van der Waals surface area contributed by atoms with Gasteiger partial charge in [0, 0.05) is 12.4 Å². The quantitative estimate of drug-likeness (QED) is 0.901. The predicted octanol–water partition coefficient (Wildman–Crippen LogP) is 2.43. The van der Waals surface area contributed by atoms with Crippen molar-refractivity contribution in [2.24, 2.45) is 0 Å². The lowest BCUT2D eigenvalue weighted by atomic mass is 10.0. The van der Waals surface area contributed by atoms with Gasteiger partial charge in [-0.2, -0.15) is 5.10 Å². The van der Waals surface area contributed by atoms with Gasteiger partial charge in [-0.1, -0.05) is 20.8 Å². The summed E-state index contributed by atoms with van der Waals surface area (Å²) in [4.78, 5) is 15.5. The van der Waals surface area contributed by atoms with Crippen LogP contribution in [0.2, 0.25) is 0 Å². The van der Waals surface area contributed by atoms with Crippen LogP contribution in [0.5, 0.6) is 0 Å². The highest BCUT2D eigenvalue weighted by atomic mass is 16.4. The minimum Gasteiger partial charge on any atom is -0.481 e. The van der Waals surface area contributed by atoms with Crippen LogP contribution in [-0.2, 0) is 4.79 Å². The fourth-order valence-corrected chi connectivity index (χ4v) is 2.00. The first-order valence-corrected chi connectivity index (χ1v) is 6.11. The van der Waals surface area contributed by atoms with Gasteiger partial charge in [0.1, 0.15) is 5.92 Å². The molecule has 0 fully saturated rings. The van der Waals surface area contributed by atoms with E-state index in [4.69, 9.17) is 0 Å². The second-order valence-electron chi connectivity index (χ2n) is 4.67. The Kier molecular flexibility index (Phi) is 3.32. The van der Waals surface area contributed by atoms with Gasteiger partial charge in [0.05, 0.1) is 16.9 Å². The Morgan fingerprint density at radius 1 is 1.50 bits per heavy atom. The highest BCUT2D eigenvalue weighted by molar-refractivity contribution is 5.78. The van der Waals surface area contributed by atoms with E-state index < -0.39 is 11.9 Å². The summed E-state index contributed by atoms with van der Waals surface area (Å²) in [7, 11) is 0. The van der Waals surface area contributed by atoms with E-state index in [0.29, 0.717) is 18.0 Å². The van der Waals surface area contributed by atoms with Crippen molar-refractivity contribution in [3.8, 4) is 0 Å². The van der Waals surface area contributed by atoms with Crippen molar-refractivity contribution in [3.63, 3.8) is 0 Å². The zero-order chi connectivity index (χ0) is 13.3. The second kappa shape index (κ2) is 4.76. The molecule has 1 N–H and O–H groups in total. The number of aromatic nitrogens is 3. The summed E-state index contributed by atoms with van der Waals surface area (Å²) in [6.45, 7) is 5.97. The third kappa shape index (κ3) is 2.08. The molecule has 0 saturated heterocycles. The predicted molar refractivity (Wildman–Crippen MR) is 67.7 cm³/mol. The number of rotatable bonds is 4. The third-order valence-electron chi connectivity index (χ3n) is 3.07. The first-order valence-electron chi connectivity index (χ1n) is 6.11. The zero-order valence-corrected chi connectivity index (χ0v) is 10.8. The van der Waals surface area contributed by atoms with Gasteiger partial charge in [-0.05, 0) is 18.4 Å². The van der Waals surface area contributed by atoms with Crippen molar-refractivity contribution in [3.05, 3.63) is 29.8 Å². The van der Waals surface area contributed by atoms with Crippen molar-refractivity contribution in [2.75, 3.05) is 0 Å². The molecule has 5 nitrogen and oxygen atoms in total. The molecule has 0 radical (unpaired) electrons. The molecule has 0 aromatic carbocycles. The Morgan fingerprint density at radius 2 is 2.22 bits per heavy atom. The molecule has 0 aliphatic rings. The Labute approximate surface area is 105 Å². The normalized spacial score (nSPS) is 13.1. The Hall–Kier alpha value is -1.91. The van der Waals surface area contributed by atoms with Gasteiger partial charge in [-0.3, -0.25) is 9.78 Å². The average Bonchev–Trinajstić information content (AvgIpc) is 2.74. The zero-order valence-electron chi connectivity index (χ0n) is 10.8. The van der Waals surface area contributed by atoms with E-state index in [9.17, 15) is 9.90 Å². The van der Waals surface area contributed by atoms with Crippen LogP contribution in [0.3, 0.4) is 0 Å². The Balaban J connectivity index is 2.60. The maximum atomic E-state index is 11.2. The minimum absolute atomic E-state index is 0.308. The molecule has 2 heterocycles. The lowest BCUT2D eigenvalue weighted by Gasteiger charge is -2.09. The van der Waals surface area contributed by atoms with Gasteiger partial charge in [-0.15, -0.1) is 0 Å². The van der Waals surface area contributed by atoms with Gasteiger partial charge in [0.2, 0.25) is 0 Å². The van der Waals surface area contributed by atoms with Crippen molar-refractivity contribution in [2.45, 2.75) is 39.0 Å². The molecule has 1 atom stereocenters. The summed E-state index contributed by atoms with van der Waals surface area (Å²) >= 11 is 0. The SMILES string of the molecule is CCC(C(=O)O)c1nccn2nc(C(C)C)cc12. The molecule has 18 heavy (non-hydrogen) atoms. The summed E-state index contributed by atoms with van der Waals surface area (Å²) in [6.07, 6.45) is 3.87. The maximum Gasteiger partial charge on any atom is 0.312 e. The number of carboxylic acids is 1. The van der Waals surface area contributed by atoms with E-state index in [-0.39, 0.29) is 0 Å². The first kappa shape index (κ1) is 12.5. The second-order valence-corrected chi connectivity index (χ2v) is 4.67. The molecular weight excluding hydrogens is 230 g/mol. The topological polar surface area (TPSA) is 67.5 Å². The van der Waals surface area contributed by atoms with Crippen molar-refractivity contribution < 1.29 is 9.90 Å². The number of carbonyl (C=O) groups is 1. The van der Waals surface area contributed by atoms with E-state index in [2.05, 4.69) is 23.9 Å². The molecule has 5 heteroatoms. The van der Waals surface area contributed by atoms with Crippen molar-refractivity contribution in [1.82, 2.24) is 14.6 Å². The average molecular weight is 247 g/mol. The molecule has 2 aromatic heterocycles. The molecule has 0 aliphatic carbocycles. The molecule has 0 amide bonds. The van der Waals surface area contributed by atoms with Crippen LogP contribution in [0.1, 0.15) is 50.4 Å². The van der Waals surface area contributed by atoms with E-state index in [0.717, 1.165) is 11.2 Å². The number of aliphatic carboxylic acids is 1. The van der Waals surface area contributed by atoms with E-state index in [1.165, 1.54) is 0 Å². The van der Waals surface area contributed by atoms with Crippen LogP contribution >= 0.6 is 0 Å². The first-order chi connectivity index (χ1) is 8.54. The smallest absolute Gasteiger partial charge is 0.312 e. The largest absolute Gasteiger partial charge is 0.481 e. The minimum atomic E-state index is -0.842. The third-order valence-corrected chi connectivity index (χ3v) is 3.07. The van der Waals surface area contributed by atoms with E-state index in [1.54, 1.807) is 16.9 Å².